The Morgan fingerprint density at radius 2 is 1.97 bits per heavy atom. The first kappa shape index (κ1) is 25.7. The Balaban J connectivity index is 1.66. The van der Waals surface area contributed by atoms with Crippen molar-refractivity contribution in [2.75, 3.05) is 11.9 Å². The minimum absolute atomic E-state index is 0.141. The maximum absolute atomic E-state index is 13.1. The molecule has 0 unspecified atom stereocenters. The van der Waals surface area contributed by atoms with Gasteiger partial charge in [0, 0.05) is 28.2 Å². The van der Waals surface area contributed by atoms with Crippen LogP contribution in [-0.2, 0) is 11.2 Å². The number of aryl methyl sites for hydroxylation is 2. The summed E-state index contributed by atoms with van der Waals surface area (Å²) >= 11 is 3.36. The van der Waals surface area contributed by atoms with Gasteiger partial charge in [-0.3, -0.25) is 19.7 Å². The highest BCUT2D eigenvalue weighted by Gasteiger charge is 2.20. The van der Waals surface area contributed by atoms with Crippen LogP contribution in [0.2, 0.25) is 0 Å². The second-order valence-corrected chi connectivity index (χ2v) is 8.98. The summed E-state index contributed by atoms with van der Waals surface area (Å²) in [6, 6.07) is 16.7. The van der Waals surface area contributed by atoms with Crippen LogP contribution in [-0.4, -0.2) is 33.3 Å². The van der Waals surface area contributed by atoms with Crippen LogP contribution in [0, 0.1) is 17.0 Å². The number of nitro benzene ring substituents is 1. The van der Waals surface area contributed by atoms with Crippen LogP contribution in [0.4, 0.5) is 11.4 Å². The van der Waals surface area contributed by atoms with E-state index in [0.717, 1.165) is 14.7 Å². The third-order valence-electron chi connectivity index (χ3n) is 5.41. The van der Waals surface area contributed by atoms with Crippen molar-refractivity contribution in [3.8, 4) is 5.75 Å². The number of nitrogens with zero attached hydrogens (tertiary/aromatic N) is 4. The normalized spacial score (nSPS) is 11.1. The number of aromatic nitrogens is 2. The summed E-state index contributed by atoms with van der Waals surface area (Å²) in [5.74, 6) is -0.210. The molecule has 0 atom stereocenters. The Kier molecular flexibility index (Phi) is 7.73. The zero-order valence-corrected chi connectivity index (χ0v) is 21.6. The quantitative estimate of drug-likeness (QED) is 0.185. The maximum atomic E-state index is 13.1. The molecule has 3 aromatic carbocycles. The van der Waals surface area contributed by atoms with E-state index in [4.69, 9.17) is 4.74 Å². The zero-order valence-electron chi connectivity index (χ0n) is 20.0. The number of nitro groups is 1. The largest absolute Gasteiger partial charge is 0.476 e. The minimum atomic E-state index is -0.608. The lowest BCUT2D eigenvalue weighted by Gasteiger charge is -2.11. The van der Waals surface area contributed by atoms with Gasteiger partial charge in [-0.15, -0.1) is 0 Å². The number of benzene rings is 3. The van der Waals surface area contributed by atoms with E-state index in [1.165, 1.54) is 18.3 Å². The molecule has 1 N–H and O–H groups in total. The van der Waals surface area contributed by atoms with E-state index >= 15 is 0 Å². The van der Waals surface area contributed by atoms with Crippen molar-refractivity contribution in [2.24, 2.45) is 5.10 Å². The standard InChI is InChI=1S/C26H22BrN5O5/c1-3-23-30-21-12-9-18(27)13-20(21)26(34)31(23)28-14-17-5-4-6-22(32(35)36)25(17)37-15-24(33)29-19-10-7-16(2)8-11-19/h4-14H,3,15H2,1-2H3,(H,29,33). The molecule has 188 valence electrons. The van der Waals surface area contributed by atoms with Gasteiger partial charge in [0.05, 0.1) is 22.0 Å². The molecule has 10 nitrogen and oxygen atoms in total. The zero-order chi connectivity index (χ0) is 26.5. The van der Waals surface area contributed by atoms with Crippen LogP contribution >= 0.6 is 15.9 Å². The Morgan fingerprint density at radius 1 is 1.22 bits per heavy atom. The Hall–Kier alpha value is -4.38. The van der Waals surface area contributed by atoms with Crippen molar-refractivity contribution >= 4 is 50.3 Å². The van der Waals surface area contributed by atoms with E-state index in [2.05, 4.69) is 31.3 Å². The number of halogens is 1. The van der Waals surface area contributed by atoms with Gasteiger partial charge in [0.1, 0.15) is 5.82 Å². The van der Waals surface area contributed by atoms with Gasteiger partial charge in [-0.05, 0) is 43.3 Å². The molecule has 4 aromatic rings. The summed E-state index contributed by atoms with van der Waals surface area (Å²) in [4.78, 5) is 41.1. The van der Waals surface area contributed by atoms with Crippen molar-refractivity contribution in [1.29, 1.82) is 0 Å². The molecule has 4 rings (SSSR count). The summed E-state index contributed by atoms with van der Waals surface area (Å²) in [6.07, 6.45) is 1.71. The molecule has 0 radical (unpaired) electrons. The Bertz CT molecular complexity index is 1580. The van der Waals surface area contributed by atoms with Crippen LogP contribution in [0.25, 0.3) is 10.9 Å². The monoisotopic (exact) mass is 563 g/mol. The molecule has 1 aromatic heterocycles. The van der Waals surface area contributed by atoms with Crippen molar-refractivity contribution in [2.45, 2.75) is 20.3 Å². The van der Waals surface area contributed by atoms with Gasteiger partial charge in [0.25, 0.3) is 11.5 Å². The first-order chi connectivity index (χ1) is 17.8. The highest BCUT2D eigenvalue weighted by atomic mass is 79.9. The molecule has 0 aliphatic carbocycles. The number of fused-ring (bicyclic) bond motifs is 1. The van der Waals surface area contributed by atoms with E-state index in [1.54, 1.807) is 36.4 Å². The second-order valence-electron chi connectivity index (χ2n) is 8.06. The van der Waals surface area contributed by atoms with Gasteiger partial charge in [0.2, 0.25) is 5.75 Å². The third-order valence-corrected chi connectivity index (χ3v) is 5.90. The van der Waals surface area contributed by atoms with Gasteiger partial charge < -0.3 is 10.1 Å². The average Bonchev–Trinajstić information content (AvgIpc) is 2.88. The predicted octanol–water partition coefficient (Wildman–Crippen LogP) is 4.84. The van der Waals surface area contributed by atoms with Gasteiger partial charge >= 0.3 is 5.69 Å². The number of rotatable bonds is 8. The fraction of sp³-hybridized carbons (Fsp3) is 0.154. The number of hydrogen-bond acceptors (Lipinski definition) is 7. The summed E-state index contributed by atoms with van der Waals surface area (Å²) in [7, 11) is 0. The second kappa shape index (κ2) is 11.1. The van der Waals surface area contributed by atoms with E-state index in [0.29, 0.717) is 28.8 Å². The molecule has 0 aliphatic heterocycles. The molecular formula is C26H22BrN5O5. The molecule has 0 saturated carbocycles. The summed E-state index contributed by atoms with van der Waals surface area (Å²) in [5.41, 5.74) is 1.65. The molecular weight excluding hydrogens is 542 g/mol. The lowest BCUT2D eigenvalue weighted by molar-refractivity contribution is -0.385. The van der Waals surface area contributed by atoms with Gasteiger partial charge in [-0.1, -0.05) is 46.6 Å². The molecule has 0 aliphatic rings. The van der Waals surface area contributed by atoms with Crippen LogP contribution in [0.1, 0.15) is 23.9 Å². The summed E-state index contributed by atoms with van der Waals surface area (Å²) in [6.45, 7) is 3.30. The Morgan fingerprint density at radius 3 is 2.68 bits per heavy atom. The molecule has 1 amide bonds. The fourth-order valence-electron chi connectivity index (χ4n) is 3.58. The minimum Gasteiger partial charge on any atom is -0.476 e. The van der Waals surface area contributed by atoms with E-state index < -0.39 is 17.4 Å². The number of para-hydroxylation sites is 1. The number of nitrogens with one attached hydrogen (secondary N) is 1. The van der Waals surface area contributed by atoms with Gasteiger partial charge in [-0.2, -0.15) is 9.78 Å². The lowest BCUT2D eigenvalue weighted by atomic mass is 10.2. The molecule has 0 fully saturated rings. The van der Waals surface area contributed by atoms with Gasteiger partial charge in [-0.25, -0.2) is 4.98 Å². The fourth-order valence-corrected chi connectivity index (χ4v) is 3.94. The molecule has 0 spiro atoms. The van der Waals surface area contributed by atoms with Crippen LogP contribution in [0.5, 0.6) is 5.75 Å². The third kappa shape index (κ3) is 5.89. The number of hydrogen-bond donors (Lipinski definition) is 1. The molecule has 1 heterocycles. The van der Waals surface area contributed by atoms with Crippen molar-refractivity contribution in [3.05, 3.63) is 103 Å². The van der Waals surface area contributed by atoms with Crippen LogP contribution < -0.4 is 15.6 Å². The number of ether oxygens (including phenoxy) is 1. The topological polar surface area (TPSA) is 129 Å². The molecule has 0 saturated heterocycles. The molecule has 0 bridgehead atoms. The van der Waals surface area contributed by atoms with Gasteiger partial charge in [0.15, 0.2) is 6.61 Å². The smallest absolute Gasteiger partial charge is 0.311 e. The summed E-state index contributed by atoms with van der Waals surface area (Å²) < 4.78 is 7.47. The van der Waals surface area contributed by atoms with Crippen molar-refractivity contribution in [1.82, 2.24) is 9.66 Å². The SMILES string of the molecule is CCc1nc2ccc(Br)cc2c(=O)n1N=Cc1cccc([N+](=O)[O-])c1OCC(=O)Nc1ccc(C)cc1. The van der Waals surface area contributed by atoms with E-state index in [1.807, 2.05) is 26.0 Å². The lowest BCUT2D eigenvalue weighted by Crippen LogP contribution is -2.22. The number of carbonyl (C=O) groups excluding carboxylic acids is 1. The van der Waals surface area contributed by atoms with E-state index in [9.17, 15) is 19.7 Å². The average molecular weight is 564 g/mol. The number of amides is 1. The molecule has 11 heteroatoms. The Labute approximate surface area is 219 Å². The first-order valence-electron chi connectivity index (χ1n) is 11.3. The highest BCUT2D eigenvalue weighted by Crippen LogP contribution is 2.30. The predicted molar refractivity (Wildman–Crippen MR) is 144 cm³/mol. The number of carbonyl (C=O) groups is 1. The van der Waals surface area contributed by atoms with Crippen molar-refractivity contribution < 1.29 is 14.5 Å². The summed E-state index contributed by atoms with van der Waals surface area (Å²) in [5, 5.41) is 19.0. The first-order valence-corrected chi connectivity index (χ1v) is 12.1. The molecule has 37 heavy (non-hydrogen) atoms. The highest BCUT2D eigenvalue weighted by molar-refractivity contribution is 9.10. The maximum Gasteiger partial charge on any atom is 0.311 e. The number of anilines is 1. The van der Waals surface area contributed by atoms with Crippen LogP contribution in [0.3, 0.4) is 0 Å². The van der Waals surface area contributed by atoms with Crippen molar-refractivity contribution in [3.63, 3.8) is 0 Å². The van der Waals surface area contributed by atoms with Crippen LogP contribution in [0.15, 0.2) is 75.0 Å². The van der Waals surface area contributed by atoms with E-state index in [-0.39, 0.29) is 22.6 Å².